The summed E-state index contributed by atoms with van der Waals surface area (Å²) < 4.78 is 0. The number of carbonyl (C=O) groups is 1. The highest BCUT2D eigenvalue weighted by Crippen LogP contribution is 2.24. The van der Waals surface area contributed by atoms with E-state index in [1.807, 2.05) is 24.3 Å². The lowest BCUT2D eigenvalue weighted by molar-refractivity contribution is 0.0733. The minimum atomic E-state index is 0. The van der Waals surface area contributed by atoms with Gasteiger partial charge in [0, 0.05) is 37.8 Å². The SMILES string of the molecule is CC1CN(Cc2ccccc2)CC(C)C1NC(=O)c1ccc(CN)cc1.Cl.Cl. The Morgan fingerprint density at radius 1 is 0.964 bits per heavy atom. The molecular weight excluding hydrogens is 393 g/mol. The number of amides is 1. The van der Waals surface area contributed by atoms with Crippen LogP contribution in [0.4, 0.5) is 0 Å². The van der Waals surface area contributed by atoms with Gasteiger partial charge in [0.2, 0.25) is 0 Å². The zero-order valence-electron chi connectivity index (χ0n) is 16.5. The molecule has 3 rings (SSSR count). The van der Waals surface area contributed by atoms with Gasteiger partial charge >= 0.3 is 0 Å². The summed E-state index contributed by atoms with van der Waals surface area (Å²) in [6, 6.07) is 18.3. The van der Waals surface area contributed by atoms with Crippen LogP contribution >= 0.6 is 24.8 Å². The third-order valence-corrected chi connectivity index (χ3v) is 5.32. The fraction of sp³-hybridized carbons (Fsp3) is 0.409. The molecule has 154 valence electrons. The molecule has 0 aliphatic carbocycles. The van der Waals surface area contributed by atoms with Gasteiger partial charge in [-0.2, -0.15) is 0 Å². The van der Waals surface area contributed by atoms with Crippen LogP contribution in [0.3, 0.4) is 0 Å². The zero-order chi connectivity index (χ0) is 18.5. The van der Waals surface area contributed by atoms with Gasteiger partial charge in [-0.05, 0) is 35.1 Å². The Morgan fingerprint density at radius 2 is 1.54 bits per heavy atom. The maximum Gasteiger partial charge on any atom is 0.251 e. The molecule has 4 nitrogen and oxygen atoms in total. The number of hydrogen-bond acceptors (Lipinski definition) is 3. The Balaban J connectivity index is 0.00000196. The van der Waals surface area contributed by atoms with E-state index in [0.29, 0.717) is 23.9 Å². The number of nitrogens with two attached hydrogens (primary N) is 1. The molecule has 2 unspecified atom stereocenters. The number of nitrogens with one attached hydrogen (secondary N) is 1. The van der Waals surface area contributed by atoms with Crippen LogP contribution in [0.1, 0.15) is 35.3 Å². The number of nitrogens with zero attached hydrogens (tertiary/aromatic N) is 1. The first-order chi connectivity index (χ1) is 12.6. The van der Waals surface area contributed by atoms with Gasteiger partial charge in [-0.15, -0.1) is 24.8 Å². The number of likely N-dealkylation sites (tertiary alicyclic amines) is 1. The molecule has 1 heterocycles. The normalized spacial score (nSPS) is 21.9. The van der Waals surface area contributed by atoms with Crippen molar-refractivity contribution in [2.24, 2.45) is 17.6 Å². The molecule has 0 bridgehead atoms. The number of benzene rings is 2. The Kier molecular flexibility index (Phi) is 9.97. The molecule has 28 heavy (non-hydrogen) atoms. The molecule has 0 aromatic heterocycles. The molecule has 1 aliphatic rings. The van der Waals surface area contributed by atoms with Crippen LogP contribution in [0, 0.1) is 11.8 Å². The summed E-state index contributed by atoms with van der Waals surface area (Å²) in [7, 11) is 0. The molecule has 2 atom stereocenters. The fourth-order valence-corrected chi connectivity index (χ4v) is 3.96. The molecular formula is C22H31Cl2N3O. The first-order valence-corrected chi connectivity index (χ1v) is 9.43. The molecule has 2 aromatic carbocycles. The van der Waals surface area contributed by atoms with Crippen molar-refractivity contribution in [3.05, 3.63) is 71.3 Å². The van der Waals surface area contributed by atoms with E-state index in [0.717, 1.165) is 25.2 Å². The summed E-state index contributed by atoms with van der Waals surface area (Å²) in [5, 5.41) is 3.26. The second-order valence-corrected chi connectivity index (χ2v) is 7.53. The highest BCUT2D eigenvalue weighted by molar-refractivity contribution is 5.94. The Bertz CT molecular complexity index is 712. The van der Waals surface area contributed by atoms with Crippen molar-refractivity contribution in [3.63, 3.8) is 0 Å². The molecule has 1 saturated heterocycles. The van der Waals surface area contributed by atoms with E-state index in [-0.39, 0.29) is 36.8 Å². The smallest absolute Gasteiger partial charge is 0.251 e. The maximum absolute atomic E-state index is 12.6. The topological polar surface area (TPSA) is 58.4 Å². The Hall–Kier alpha value is -1.59. The molecule has 1 aliphatic heterocycles. The molecule has 6 heteroatoms. The van der Waals surface area contributed by atoms with E-state index >= 15 is 0 Å². The van der Waals surface area contributed by atoms with Gasteiger partial charge < -0.3 is 11.1 Å². The van der Waals surface area contributed by atoms with Crippen molar-refractivity contribution >= 4 is 30.7 Å². The van der Waals surface area contributed by atoms with Gasteiger partial charge in [0.15, 0.2) is 0 Å². The summed E-state index contributed by atoms with van der Waals surface area (Å²) in [4.78, 5) is 15.1. The highest BCUT2D eigenvalue weighted by Gasteiger charge is 2.33. The number of halogens is 2. The lowest BCUT2D eigenvalue weighted by Crippen LogP contribution is -2.54. The van der Waals surface area contributed by atoms with E-state index < -0.39 is 0 Å². The molecule has 3 N–H and O–H groups in total. The van der Waals surface area contributed by atoms with Crippen molar-refractivity contribution in [2.75, 3.05) is 13.1 Å². The van der Waals surface area contributed by atoms with Crippen LogP contribution in [0.5, 0.6) is 0 Å². The summed E-state index contributed by atoms with van der Waals surface area (Å²) in [6.07, 6.45) is 0. The summed E-state index contributed by atoms with van der Waals surface area (Å²) in [6.45, 7) is 7.92. The molecule has 2 aromatic rings. The van der Waals surface area contributed by atoms with Gasteiger partial charge in [0.1, 0.15) is 0 Å². The summed E-state index contributed by atoms with van der Waals surface area (Å²) >= 11 is 0. The van der Waals surface area contributed by atoms with Crippen molar-refractivity contribution in [3.8, 4) is 0 Å². The molecule has 0 radical (unpaired) electrons. The molecule has 1 fully saturated rings. The van der Waals surface area contributed by atoms with E-state index in [2.05, 4.69) is 54.4 Å². The zero-order valence-corrected chi connectivity index (χ0v) is 18.1. The predicted molar refractivity (Wildman–Crippen MR) is 120 cm³/mol. The van der Waals surface area contributed by atoms with E-state index in [4.69, 9.17) is 5.73 Å². The van der Waals surface area contributed by atoms with Gasteiger partial charge in [-0.1, -0.05) is 56.3 Å². The molecule has 0 spiro atoms. The minimum absolute atomic E-state index is 0. The van der Waals surface area contributed by atoms with Gasteiger partial charge in [-0.25, -0.2) is 0 Å². The van der Waals surface area contributed by atoms with E-state index in [1.54, 1.807) is 0 Å². The largest absolute Gasteiger partial charge is 0.349 e. The monoisotopic (exact) mass is 423 g/mol. The number of piperidine rings is 1. The average Bonchev–Trinajstić information content (AvgIpc) is 2.65. The second-order valence-electron chi connectivity index (χ2n) is 7.53. The lowest BCUT2D eigenvalue weighted by Gasteiger charge is -2.41. The predicted octanol–water partition coefficient (Wildman–Crippen LogP) is 3.88. The summed E-state index contributed by atoms with van der Waals surface area (Å²) in [5.74, 6) is 0.832. The van der Waals surface area contributed by atoms with Gasteiger partial charge in [0.05, 0.1) is 0 Å². The quantitative estimate of drug-likeness (QED) is 0.766. The Labute approximate surface area is 180 Å². The van der Waals surface area contributed by atoms with Crippen LogP contribution in [-0.4, -0.2) is 29.9 Å². The van der Waals surface area contributed by atoms with Crippen LogP contribution < -0.4 is 11.1 Å². The van der Waals surface area contributed by atoms with Crippen molar-refractivity contribution < 1.29 is 4.79 Å². The van der Waals surface area contributed by atoms with Crippen LogP contribution in [-0.2, 0) is 13.1 Å². The number of carbonyl (C=O) groups excluding carboxylic acids is 1. The number of hydrogen-bond donors (Lipinski definition) is 2. The van der Waals surface area contributed by atoms with Crippen molar-refractivity contribution in [2.45, 2.75) is 33.0 Å². The second kappa shape index (κ2) is 11.4. The van der Waals surface area contributed by atoms with Crippen molar-refractivity contribution in [1.82, 2.24) is 10.2 Å². The molecule has 1 amide bonds. The van der Waals surface area contributed by atoms with Crippen LogP contribution in [0.15, 0.2) is 54.6 Å². The number of rotatable bonds is 5. The standard InChI is InChI=1S/C22H29N3O.2ClH/c1-16-13-25(15-19-6-4-3-5-7-19)14-17(2)21(16)24-22(26)20-10-8-18(12-23)9-11-20;;/h3-11,16-17,21H,12-15,23H2,1-2H3,(H,24,26);2*1H. The minimum Gasteiger partial charge on any atom is -0.349 e. The fourth-order valence-electron chi connectivity index (χ4n) is 3.96. The third-order valence-electron chi connectivity index (χ3n) is 5.32. The van der Waals surface area contributed by atoms with Crippen molar-refractivity contribution in [1.29, 1.82) is 0 Å². The van der Waals surface area contributed by atoms with E-state index in [9.17, 15) is 4.79 Å². The highest BCUT2D eigenvalue weighted by atomic mass is 35.5. The third kappa shape index (κ3) is 6.21. The summed E-state index contributed by atoms with van der Waals surface area (Å²) in [5.41, 5.74) is 8.71. The first-order valence-electron chi connectivity index (χ1n) is 9.43. The van der Waals surface area contributed by atoms with E-state index in [1.165, 1.54) is 5.56 Å². The Morgan fingerprint density at radius 3 is 2.07 bits per heavy atom. The van der Waals surface area contributed by atoms with Gasteiger partial charge in [-0.3, -0.25) is 9.69 Å². The maximum atomic E-state index is 12.6. The average molecular weight is 424 g/mol. The van der Waals surface area contributed by atoms with Crippen LogP contribution in [0.25, 0.3) is 0 Å². The van der Waals surface area contributed by atoms with Gasteiger partial charge in [0.25, 0.3) is 5.91 Å². The van der Waals surface area contributed by atoms with Crippen LogP contribution in [0.2, 0.25) is 0 Å². The molecule has 0 saturated carbocycles. The lowest BCUT2D eigenvalue weighted by atomic mass is 9.85. The first kappa shape index (κ1) is 24.4.